The number of carbonyl (C=O) groups is 1. The van der Waals surface area contributed by atoms with Gasteiger partial charge in [-0.15, -0.1) is 0 Å². The number of esters is 1. The second-order valence-electron chi connectivity index (χ2n) is 21.7. The molecule has 77 heavy (non-hydrogen) atoms. The van der Waals surface area contributed by atoms with Crippen molar-refractivity contribution >= 4 is 11.8 Å². The van der Waals surface area contributed by atoms with Crippen LogP contribution in [0.25, 0.3) is 0 Å². The van der Waals surface area contributed by atoms with Gasteiger partial charge in [-0.25, -0.2) is 4.98 Å². The number of benzene rings is 2. The SMILES string of the molecule is C1CCN(C2CCNCC2)CC1.CC1CCNCC1.CCOC(=O)C1CCNCC1.CNCCc1ccccn1.c1ccc(C2CCNCC2)cc1.c1ccc(CC2CCNCC2)cc1.c1ccc(N2CCNCC2)nc1. The van der Waals surface area contributed by atoms with Gasteiger partial charge in [0.2, 0.25) is 0 Å². The van der Waals surface area contributed by atoms with Gasteiger partial charge in [0.15, 0.2) is 0 Å². The quantitative estimate of drug-likeness (QED) is 0.0765. The van der Waals surface area contributed by atoms with Gasteiger partial charge in [0.05, 0.1) is 12.5 Å². The van der Waals surface area contributed by atoms with Gasteiger partial charge >= 0.3 is 5.97 Å². The number of aromatic nitrogens is 2. The standard InChI is InChI=1S/C12H17N.C11H15N.C10H20N2.C9H13N3.C8H12N2.C8H15NO2.C6H13N/c1-2-4-11(5-3-1)10-12-6-8-13-9-7-12;1-2-4-10(5-3-1)11-6-8-12-9-7-11;1-2-8-12(9-3-1)10-4-6-11-7-5-10;1-2-4-11-9(3-1)12-7-5-10-6-8-12;1-9-7-5-8-4-2-3-6-10-8;1-2-11-8(10)7-3-5-9-6-4-7;1-6-2-4-7-5-3-6/h1-5,12-13H,6-10H2;1-5,11-12H,6-9H2;10-11H,1-9H2;1-4,10H,5-8H2;2-4,6,9H,5,7H2,1H3;7,9H,2-6H2,1H3;6-7H,2-5H2,1H3. The molecule has 0 spiro atoms. The van der Waals surface area contributed by atoms with Gasteiger partial charge in [0, 0.05) is 63.3 Å². The summed E-state index contributed by atoms with van der Waals surface area (Å²) in [5.41, 5.74) is 4.16. The molecule has 9 heterocycles. The van der Waals surface area contributed by atoms with E-state index in [-0.39, 0.29) is 11.9 Å². The third-order valence-electron chi connectivity index (χ3n) is 15.7. The molecule has 13 heteroatoms. The summed E-state index contributed by atoms with van der Waals surface area (Å²) in [6, 6.07) is 34.6. The first-order chi connectivity index (χ1) is 38.0. The van der Waals surface area contributed by atoms with E-state index in [9.17, 15) is 4.79 Å². The maximum Gasteiger partial charge on any atom is 0.309 e. The van der Waals surface area contributed by atoms with Crippen molar-refractivity contribution in [1.29, 1.82) is 0 Å². The van der Waals surface area contributed by atoms with Gasteiger partial charge in [-0.1, -0.05) is 86.1 Å². The summed E-state index contributed by atoms with van der Waals surface area (Å²) in [5, 5.41) is 23.1. The summed E-state index contributed by atoms with van der Waals surface area (Å²) in [5.74, 6) is 3.90. The Morgan fingerprint density at radius 2 is 1.09 bits per heavy atom. The first-order valence-electron chi connectivity index (χ1n) is 30.5. The predicted molar refractivity (Wildman–Crippen MR) is 323 cm³/mol. The van der Waals surface area contributed by atoms with E-state index >= 15 is 0 Å². The van der Waals surface area contributed by atoms with Crippen LogP contribution in [-0.4, -0.2) is 152 Å². The van der Waals surface area contributed by atoms with Crippen molar-refractivity contribution in [3.63, 3.8) is 0 Å². The maximum atomic E-state index is 11.1. The molecule has 0 amide bonds. The summed E-state index contributed by atoms with van der Waals surface area (Å²) in [7, 11) is 1.95. The van der Waals surface area contributed by atoms with E-state index in [4.69, 9.17) is 4.74 Å². The Morgan fingerprint density at radius 1 is 0.571 bits per heavy atom. The van der Waals surface area contributed by atoms with Crippen molar-refractivity contribution in [3.05, 3.63) is 126 Å². The smallest absolute Gasteiger partial charge is 0.309 e. The minimum absolute atomic E-state index is 0.0194. The summed E-state index contributed by atoms with van der Waals surface area (Å²) >= 11 is 0. The van der Waals surface area contributed by atoms with Gasteiger partial charge < -0.3 is 51.8 Å². The second kappa shape index (κ2) is 41.7. The Labute approximate surface area is 467 Å². The van der Waals surface area contributed by atoms with Crippen molar-refractivity contribution in [1.82, 2.24) is 52.1 Å². The van der Waals surface area contributed by atoms with Crippen LogP contribution in [0.3, 0.4) is 0 Å². The zero-order chi connectivity index (χ0) is 54.1. The zero-order valence-corrected chi connectivity index (χ0v) is 48.2. The molecule has 7 saturated heterocycles. The average Bonchev–Trinajstić information content (AvgIpc) is 3.52. The average molecular weight is 1060 g/mol. The Kier molecular flexibility index (Phi) is 34.4. The molecule has 0 atom stereocenters. The molecule has 13 nitrogen and oxygen atoms in total. The van der Waals surface area contributed by atoms with Crippen LogP contribution in [0.5, 0.6) is 0 Å². The van der Waals surface area contributed by atoms with E-state index in [1.165, 1.54) is 154 Å². The highest BCUT2D eigenvalue weighted by atomic mass is 16.5. The summed E-state index contributed by atoms with van der Waals surface area (Å²) in [4.78, 5) is 24.6. The highest BCUT2D eigenvalue weighted by Crippen LogP contribution is 2.24. The van der Waals surface area contributed by atoms with E-state index in [0.29, 0.717) is 6.61 Å². The number of nitrogens with one attached hydrogen (secondary N) is 7. The molecule has 4 aromatic rings. The molecule has 0 bridgehead atoms. The number of nitrogens with zero attached hydrogens (tertiary/aromatic N) is 4. The Hall–Kier alpha value is -4.31. The third-order valence-corrected chi connectivity index (χ3v) is 15.7. The molecule has 428 valence electrons. The third kappa shape index (κ3) is 28.4. The number of pyridine rings is 2. The molecule has 0 unspecified atom stereocenters. The Bertz CT molecular complexity index is 1880. The van der Waals surface area contributed by atoms with Gasteiger partial charge in [-0.05, 0) is 229 Å². The van der Waals surface area contributed by atoms with Gasteiger partial charge in [0.25, 0.3) is 0 Å². The summed E-state index contributed by atoms with van der Waals surface area (Å²) in [6.07, 6.45) is 22.9. The van der Waals surface area contributed by atoms with E-state index in [0.717, 1.165) is 100 Å². The molecule has 7 aliphatic rings. The van der Waals surface area contributed by atoms with Crippen molar-refractivity contribution < 1.29 is 9.53 Å². The van der Waals surface area contributed by atoms with Crippen molar-refractivity contribution in [2.45, 2.75) is 122 Å². The molecule has 7 N–H and O–H groups in total. The second-order valence-corrected chi connectivity index (χ2v) is 21.7. The first kappa shape index (κ1) is 63.5. The van der Waals surface area contributed by atoms with Crippen molar-refractivity contribution in [2.75, 3.05) is 130 Å². The van der Waals surface area contributed by atoms with Crippen molar-refractivity contribution in [3.8, 4) is 0 Å². The number of rotatable bonds is 10. The van der Waals surface area contributed by atoms with E-state index < -0.39 is 0 Å². The molecule has 0 radical (unpaired) electrons. The Balaban J connectivity index is 0.000000167. The van der Waals surface area contributed by atoms with Crippen LogP contribution < -0.4 is 42.1 Å². The van der Waals surface area contributed by atoms with Crippen LogP contribution in [0, 0.1) is 17.8 Å². The highest BCUT2D eigenvalue weighted by Gasteiger charge is 2.23. The number of piperidine rings is 6. The van der Waals surface area contributed by atoms with Gasteiger partial charge in [-0.2, -0.15) is 0 Å². The van der Waals surface area contributed by atoms with Gasteiger partial charge in [0.1, 0.15) is 5.82 Å². The molecule has 0 saturated carbocycles. The maximum absolute atomic E-state index is 11.1. The number of ether oxygens (including phenoxy) is 1. The van der Waals surface area contributed by atoms with Crippen LogP contribution in [0.1, 0.15) is 120 Å². The van der Waals surface area contributed by atoms with Crippen LogP contribution in [-0.2, 0) is 22.4 Å². The van der Waals surface area contributed by atoms with E-state index in [2.05, 4.69) is 131 Å². The molecule has 0 aliphatic carbocycles. The summed E-state index contributed by atoms with van der Waals surface area (Å²) in [6.45, 7) is 24.3. The molecule has 11 rings (SSSR count). The molecule has 2 aromatic heterocycles. The number of piperazine rings is 1. The van der Waals surface area contributed by atoms with E-state index in [1.807, 2.05) is 56.7 Å². The molecule has 2 aromatic carbocycles. The number of hydrogen-bond donors (Lipinski definition) is 7. The normalized spacial score (nSPS) is 19.9. The highest BCUT2D eigenvalue weighted by molar-refractivity contribution is 5.72. The lowest BCUT2D eigenvalue weighted by molar-refractivity contribution is -0.148. The largest absolute Gasteiger partial charge is 0.466 e. The number of hydrogen-bond acceptors (Lipinski definition) is 13. The number of likely N-dealkylation sites (tertiary alicyclic amines) is 1. The van der Waals surface area contributed by atoms with E-state index in [1.54, 1.807) is 0 Å². The lowest BCUT2D eigenvalue weighted by Gasteiger charge is -2.36. The minimum atomic E-state index is -0.0194. The van der Waals surface area contributed by atoms with Crippen LogP contribution in [0.4, 0.5) is 5.82 Å². The lowest BCUT2D eigenvalue weighted by atomic mass is 9.90. The van der Waals surface area contributed by atoms with Crippen LogP contribution in [0.15, 0.2) is 109 Å². The number of anilines is 1. The Morgan fingerprint density at radius 3 is 1.62 bits per heavy atom. The van der Waals surface area contributed by atoms with Crippen molar-refractivity contribution in [2.24, 2.45) is 17.8 Å². The fraction of sp³-hybridized carbons (Fsp3) is 0.641. The van der Waals surface area contributed by atoms with Gasteiger partial charge in [-0.3, -0.25) is 9.78 Å². The first-order valence-corrected chi connectivity index (χ1v) is 30.5. The number of likely N-dealkylation sites (N-methyl/N-ethyl adjacent to an activating group) is 1. The molecular weight excluding hydrogens is 955 g/mol. The predicted octanol–water partition coefficient (Wildman–Crippen LogP) is 8.50. The zero-order valence-electron chi connectivity index (χ0n) is 48.2. The number of carbonyl (C=O) groups excluding carboxylic acids is 1. The topological polar surface area (TPSA) is 143 Å². The van der Waals surface area contributed by atoms with Crippen LogP contribution >= 0.6 is 0 Å². The molecule has 7 aliphatic heterocycles. The lowest BCUT2D eigenvalue weighted by Crippen LogP contribution is -2.45. The fourth-order valence-electron chi connectivity index (χ4n) is 10.9. The molecular formula is C64H105N11O2. The minimum Gasteiger partial charge on any atom is -0.466 e. The molecule has 7 fully saturated rings. The monoisotopic (exact) mass is 1060 g/mol. The summed E-state index contributed by atoms with van der Waals surface area (Å²) < 4.78 is 4.91. The fourth-order valence-corrected chi connectivity index (χ4v) is 10.9. The van der Waals surface area contributed by atoms with Crippen LogP contribution in [0.2, 0.25) is 0 Å².